The van der Waals surface area contributed by atoms with Gasteiger partial charge in [-0.3, -0.25) is 0 Å². The summed E-state index contributed by atoms with van der Waals surface area (Å²) < 4.78 is 21.9. The first kappa shape index (κ1) is 17.7. The van der Waals surface area contributed by atoms with E-state index in [4.69, 9.17) is 0 Å². The Labute approximate surface area is 128 Å². The highest BCUT2D eigenvalue weighted by Crippen LogP contribution is 2.04. The van der Waals surface area contributed by atoms with E-state index in [1.165, 1.54) is 5.19 Å². The van der Waals surface area contributed by atoms with Crippen LogP contribution >= 0.6 is 0 Å². The van der Waals surface area contributed by atoms with E-state index in [1.807, 2.05) is 12.1 Å². The van der Waals surface area contributed by atoms with Crippen molar-refractivity contribution in [1.82, 2.24) is 10.6 Å². The average molecular weight is 329 g/mol. The van der Waals surface area contributed by atoms with E-state index in [2.05, 4.69) is 42.4 Å². The Morgan fingerprint density at radius 2 is 1.67 bits per heavy atom. The number of hydrogen-bond donors (Lipinski definition) is 2. The first-order valence-electron chi connectivity index (χ1n) is 6.87. The largest absolute Gasteiger partial charge is 0.337 e. The van der Waals surface area contributed by atoms with Crippen LogP contribution in [0.15, 0.2) is 24.3 Å². The van der Waals surface area contributed by atoms with Gasteiger partial charge in [0.1, 0.15) is 9.84 Å². The molecule has 0 saturated carbocycles. The fraction of sp³-hybridized carbons (Fsp3) is 0.500. The monoisotopic (exact) mass is 328 g/mol. The number of carbonyl (C=O) groups excluding carboxylic acids is 1. The number of urea groups is 1. The Bertz CT molecular complexity index is 577. The fourth-order valence-corrected chi connectivity index (χ4v) is 3.36. The number of sulfone groups is 1. The van der Waals surface area contributed by atoms with E-state index in [-0.39, 0.29) is 18.3 Å². The molecule has 7 heteroatoms. The van der Waals surface area contributed by atoms with Crippen LogP contribution in [0.1, 0.15) is 5.56 Å². The van der Waals surface area contributed by atoms with Crippen LogP contribution in [0.25, 0.3) is 0 Å². The molecule has 21 heavy (non-hydrogen) atoms. The molecule has 0 heterocycles. The van der Waals surface area contributed by atoms with Crippen LogP contribution in [0, 0.1) is 0 Å². The second-order valence-electron chi connectivity index (χ2n) is 6.19. The minimum Gasteiger partial charge on any atom is -0.337 e. The summed E-state index contributed by atoms with van der Waals surface area (Å²) in [6.07, 6.45) is 1.15. The molecule has 0 aromatic heterocycles. The number of benzene rings is 1. The van der Waals surface area contributed by atoms with E-state index < -0.39 is 17.9 Å². The first-order valence-corrected chi connectivity index (χ1v) is 12.4. The van der Waals surface area contributed by atoms with Crippen LogP contribution in [-0.4, -0.2) is 41.1 Å². The summed E-state index contributed by atoms with van der Waals surface area (Å²) in [7, 11) is -4.34. The molecule has 1 aromatic carbocycles. The van der Waals surface area contributed by atoms with Gasteiger partial charge in [0.25, 0.3) is 0 Å². The summed E-state index contributed by atoms with van der Waals surface area (Å²) >= 11 is 0. The van der Waals surface area contributed by atoms with Gasteiger partial charge < -0.3 is 10.6 Å². The number of nitrogens with one attached hydrogen (secondary N) is 2. The minimum atomic E-state index is -3.04. The Hall–Kier alpha value is -1.34. The predicted molar refractivity (Wildman–Crippen MR) is 89.4 cm³/mol. The minimum absolute atomic E-state index is 0.0503. The lowest BCUT2D eigenvalue weighted by Gasteiger charge is -2.16. The quantitative estimate of drug-likeness (QED) is 0.767. The Balaban J connectivity index is 2.40. The molecule has 2 amide bonds. The van der Waals surface area contributed by atoms with Crippen molar-refractivity contribution >= 4 is 29.1 Å². The maximum atomic E-state index is 11.5. The van der Waals surface area contributed by atoms with Crippen LogP contribution in [0.5, 0.6) is 0 Å². The number of carbonyl (C=O) groups is 1. The van der Waals surface area contributed by atoms with E-state index >= 15 is 0 Å². The molecular formula is C14H24N2O3SSi. The van der Waals surface area contributed by atoms with Crippen LogP contribution in [0.4, 0.5) is 4.79 Å². The number of amides is 2. The van der Waals surface area contributed by atoms with Crippen molar-refractivity contribution in [1.29, 1.82) is 0 Å². The maximum absolute atomic E-state index is 11.5. The van der Waals surface area contributed by atoms with Gasteiger partial charge >= 0.3 is 6.03 Å². The highest BCUT2D eigenvalue weighted by atomic mass is 32.2. The molecule has 0 aliphatic carbocycles. The van der Waals surface area contributed by atoms with E-state index in [0.717, 1.165) is 11.8 Å². The van der Waals surface area contributed by atoms with Gasteiger partial charge in [0, 0.05) is 19.3 Å². The molecule has 0 spiro atoms. The zero-order valence-corrected chi connectivity index (χ0v) is 14.9. The molecule has 1 rings (SSSR count). The molecule has 0 radical (unpaired) electrons. The molecule has 0 bridgehead atoms. The van der Waals surface area contributed by atoms with Crippen molar-refractivity contribution in [3.05, 3.63) is 29.8 Å². The van der Waals surface area contributed by atoms with Gasteiger partial charge in [-0.1, -0.05) is 49.1 Å². The van der Waals surface area contributed by atoms with Gasteiger partial charge in [-0.2, -0.15) is 0 Å². The lowest BCUT2D eigenvalue weighted by molar-refractivity contribution is 0.241. The Morgan fingerprint density at radius 3 is 2.14 bits per heavy atom. The zero-order valence-electron chi connectivity index (χ0n) is 13.1. The summed E-state index contributed by atoms with van der Waals surface area (Å²) in [5, 5.41) is 6.61. The molecule has 0 unspecified atom stereocenters. The molecule has 2 N–H and O–H groups in total. The first-order chi connectivity index (χ1) is 9.58. The van der Waals surface area contributed by atoms with E-state index in [1.54, 1.807) is 0 Å². The van der Waals surface area contributed by atoms with Crippen LogP contribution in [0.3, 0.4) is 0 Å². The molecule has 5 nitrogen and oxygen atoms in total. The van der Waals surface area contributed by atoms with Gasteiger partial charge in [0.2, 0.25) is 0 Å². The number of rotatable bonds is 6. The average Bonchev–Trinajstić information content (AvgIpc) is 2.34. The normalized spacial score (nSPS) is 12.0. The molecule has 0 saturated heterocycles. The van der Waals surface area contributed by atoms with Crippen molar-refractivity contribution < 1.29 is 13.2 Å². The Kier molecular flexibility index (Phi) is 5.97. The third kappa shape index (κ3) is 7.28. The van der Waals surface area contributed by atoms with Crippen LogP contribution in [-0.2, 0) is 16.4 Å². The van der Waals surface area contributed by atoms with Crippen LogP contribution in [0.2, 0.25) is 19.6 Å². The van der Waals surface area contributed by atoms with Gasteiger partial charge in [0.15, 0.2) is 0 Å². The SMILES string of the molecule is C[Si](C)(C)c1ccc(CNC(=O)NCCS(C)(=O)=O)cc1. The lowest BCUT2D eigenvalue weighted by atomic mass is 10.2. The summed E-state index contributed by atoms with van der Waals surface area (Å²) in [5.41, 5.74) is 1.02. The van der Waals surface area contributed by atoms with Crippen molar-refractivity contribution in [3.63, 3.8) is 0 Å². The Morgan fingerprint density at radius 1 is 1.10 bits per heavy atom. The highest BCUT2D eigenvalue weighted by Gasteiger charge is 2.15. The molecule has 0 atom stereocenters. The predicted octanol–water partition coefficient (Wildman–Crippen LogP) is 1.08. The maximum Gasteiger partial charge on any atom is 0.315 e. The summed E-state index contributed by atoms with van der Waals surface area (Å²) in [4.78, 5) is 11.5. The highest BCUT2D eigenvalue weighted by molar-refractivity contribution is 7.90. The van der Waals surface area contributed by atoms with E-state index in [9.17, 15) is 13.2 Å². The fourth-order valence-electron chi connectivity index (χ4n) is 1.72. The molecule has 0 aliphatic heterocycles. The van der Waals surface area contributed by atoms with Gasteiger partial charge in [-0.25, -0.2) is 13.2 Å². The molecule has 1 aromatic rings. The standard InChI is InChI=1S/C14H24N2O3SSi/c1-20(18,19)10-9-15-14(17)16-11-12-5-7-13(8-6-12)21(2,3)4/h5-8H,9-11H2,1-4H3,(H2,15,16,17). The lowest BCUT2D eigenvalue weighted by Crippen LogP contribution is -2.38. The van der Waals surface area contributed by atoms with E-state index in [0.29, 0.717) is 6.54 Å². The third-order valence-corrected chi connectivity index (χ3v) is 6.04. The second-order valence-corrected chi connectivity index (χ2v) is 13.5. The van der Waals surface area contributed by atoms with Gasteiger partial charge in [0.05, 0.1) is 13.8 Å². The smallest absolute Gasteiger partial charge is 0.315 e. The molecule has 0 fully saturated rings. The second kappa shape index (κ2) is 7.08. The molecular weight excluding hydrogens is 304 g/mol. The number of hydrogen-bond acceptors (Lipinski definition) is 3. The van der Waals surface area contributed by atoms with Crippen molar-refractivity contribution in [2.45, 2.75) is 26.2 Å². The summed E-state index contributed by atoms with van der Waals surface area (Å²) in [6.45, 7) is 7.41. The van der Waals surface area contributed by atoms with Gasteiger partial charge in [-0.05, 0) is 5.56 Å². The zero-order chi connectivity index (χ0) is 16.1. The van der Waals surface area contributed by atoms with Gasteiger partial charge in [-0.15, -0.1) is 0 Å². The summed E-state index contributed by atoms with van der Waals surface area (Å²) in [5.74, 6) is -0.0503. The molecule has 118 valence electrons. The topological polar surface area (TPSA) is 75.3 Å². The third-order valence-electron chi connectivity index (χ3n) is 3.03. The van der Waals surface area contributed by atoms with Crippen molar-refractivity contribution in [2.75, 3.05) is 18.6 Å². The van der Waals surface area contributed by atoms with Crippen LogP contribution < -0.4 is 15.8 Å². The van der Waals surface area contributed by atoms with Crippen molar-refractivity contribution in [2.24, 2.45) is 0 Å². The van der Waals surface area contributed by atoms with Crippen molar-refractivity contribution in [3.8, 4) is 0 Å². The molecule has 0 aliphatic rings. The summed E-state index contributed by atoms with van der Waals surface area (Å²) in [6, 6.07) is 7.91.